The Labute approximate surface area is 130 Å². The quantitative estimate of drug-likeness (QED) is 0.848. The van der Waals surface area contributed by atoms with Crippen LogP contribution in [-0.2, 0) is 14.3 Å². The average molecular weight is 327 g/mol. The Kier molecular flexibility index (Phi) is 3.65. The molecule has 110 valence electrons. The molecule has 0 unspecified atom stereocenters. The molecular formula is C14H10Cl2NO4-. The maximum atomic E-state index is 12.3. The van der Waals surface area contributed by atoms with Crippen molar-refractivity contribution in [3.05, 3.63) is 40.4 Å². The summed E-state index contributed by atoms with van der Waals surface area (Å²) in [6, 6.07) is 4.64. The molecule has 0 aromatic heterocycles. The molecule has 1 aromatic carbocycles. The normalized spacial score (nSPS) is 29.6. The lowest BCUT2D eigenvalue weighted by atomic mass is 9.82. The molecule has 1 aromatic rings. The number of fused-ring (bicyclic) bond motifs is 2. The molecule has 0 aliphatic carbocycles. The van der Waals surface area contributed by atoms with Crippen LogP contribution in [0.1, 0.15) is 0 Å². The van der Waals surface area contributed by atoms with Crippen molar-refractivity contribution in [3.63, 3.8) is 0 Å². The van der Waals surface area contributed by atoms with E-state index < -0.39 is 35.9 Å². The summed E-state index contributed by atoms with van der Waals surface area (Å²) < 4.78 is 5.42. The minimum absolute atomic E-state index is 0.301. The van der Waals surface area contributed by atoms with Crippen LogP contribution in [0.5, 0.6) is 0 Å². The molecule has 5 nitrogen and oxygen atoms in total. The average Bonchev–Trinajstić information content (AvgIpc) is 3.03. The first-order valence-electron chi connectivity index (χ1n) is 6.28. The topological polar surface area (TPSA) is 78.5 Å². The van der Waals surface area contributed by atoms with Gasteiger partial charge in [0.2, 0.25) is 5.91 Å². The van der Waals surface area contributed by atoms with E-state index >= 15 is 0 Å². The lowest BCUT2D eigenvalue weighted by Gasteiger charge is -2.25. The molecule has 1 N–H and O–H groups in total. The number of amides is 1. The third-order valence-corrected chi connectivity index (χ3v) is 4.40. The molecule has 0 saturated carbocycles. The molecule has 4 atom stereocenters. The number of rotatable bonds is 3. The monoisotopic (exact) mass is 326 g/mol. The van der Waals surface area contributed by atoms with Crippen molar-refractivity contribution in [2.24, 2.45) is 11.8 Å². The number of aliphatic carboxylic acids is 1. The number of ether oxygens (including phenoxy) is 1. The molecule has 2 heterocycles. The molecule has 2 aliphatic heterocycles. The third-order valence-electron chi connectivity index (χ3n) is 3.66. The standard InChI is InChI=1S/C14H11Cl2NO4/c15-7-2-1-6(5-8(7)16)17-13(18)11-9-3-4-10(21-9)12(11)14(19)20/h1-5,9-12H,(H,17,18)(H,19,20)/p-1/t9-,10+,11+,12-/m0/s1. The number of carbonyl (C=O) groups is 2. The van der Waals surface area contributed by atoms with Crippen LogP contribution in [-0.4, -0.2) is 24.1 Å². The smallest absolute Gasteiger partial charge is 0.231 e. The predicted octanol–water partition coefficient (Wildman–Crippen LogP) is 1.25. The number of benzene rings is 1. The number of nitrogens with one attached hydrogen (secondary N) is 1. The van der Waals surface area contributed by atoms with Crippen molar-refractivity contribution < 1.29 is 19.4 Å². The van der Waals surface area contributed by atoms with Gasteiger partial charge in [0.1, 0.15) is 0 Å². The van der Waals surface area contributed by atoms with Crippen LogP contribution in [0.3, 0.4) is 0 Å². The first-order chi connectivity index (χ1) is 9.97. The minimum atomic E-state index is -1.29. The third kappa shape index (κ3) is 2.52. The van der Waals surface area contributed by atoms with Crippen molar-refractivity contribution in [1.29, 1.82) is 0 Å². The number of halogens is 2. The Balaban J connectivity index is 1.80. The van der Waals surface area contributed by atoms with Crippen molar-refractivity contribution in [2.75, 3.05) is 5.32 Å². The Bertz CT molecular complexity index is 646. The van der Waals surface area contributed by atoms with Crippen LogP contribution >= 0.6 is 23.2 Å². The number of anilines is 1. The summed E-state index contributed by atoms with van der Waals surface area (Å²) in [7, 11) is 0. The first kappa shape index (κ1) is 14.4. The molecule has 2 bridgehead atoms. The molecule has 0 radical (unpaired) electrons. The van der Waals surface area contributed by atoms with Crippen LogP contribution in [0.25, 0.3) is 0 Å². The van der Waals surface area contributed by atoms with E-state index in [1.165, 1.54) is 6.07 Å². The summed E-state index contributed by atoms with van der Waals surface area (Å²) in [5, 5.41) is 14.5. The van der Waals surface area contributed by atoms with Gasteiger partial charge in [-0.25, -0.2) is 0 Å². The minimum Gasteiger partial charge on any atom is -0.550 e. The Morgan fingerprint density at radius 1 is 1.10 bits per heavy atom. The van der Waals surface area contributed by atoms with E-state index in [1.54, 1.807) is 24.3 Å². The zero-order chi connectivity index (χ0) is 15.1. The van der Waals surface area contributed by atoms with Gasteiger partial charge in [0.05, 0.1) is 28.2 Å². The lowest BCUT2D eigenvalue weighted by Crippen LogP contribution is -2.45. The molecular weight excluding hydrogens is 317 g/mol. The fourth-order valence-corrected chi connectivity index (χ4v) is 3.00. The van der Waals surface area contributed by atoms with Gasteiger partial charge in [-0.3, -0.25) is 4.79 Å². The summed E-state index contributed by atoms with van der Waals surface area (Å²) in [6.07, 6.45) is 2.20. The molecule has 3 rings (SSSR count). The second kappa shape index (κ2) is 5.33. The zero-order valence-corrected chi connectivity index (χ0v) is 12.1. The number of carbonyl (C=O) groups excluding carboxylic acids is 2. The van der Waals surface area contributed by atoms with E-state index in [0.29, 0.717) is 15.7 Å². The summed E-state index contributed by atoms with van der Waals surface area (Å²) in [4.78, 5) is 23.5. The molecule has 1 fully saturated rings. The molecule has 2 aliphatic rings. The van der Waals surface area contributed by atoms with Crippen molar-refractivity contribution in [2.45, 2.75) is 12.2 Å². The largest absolute Gasteiger partial charge is 0.550 e. The van der Waals surface area contributed by atoms with E-state index in [-0.39, 0.29) is 0 Å². The van der Waals surface area contributed by atoms with Crippen LogP contribution in [0.2, 0.25) is 10.0 Å². The van der Waals surface area contributed by atoms with Crippen molar-refractivity contribution >= 4 is 40.8 Å². The van der Waals surface area contributed by atoms with Crippen LogP contribution < -0.4 is 10.4 Å². The van der Waals surface area contributed by atoms with Gasteiger partial charge >= 0.3 is 0 Å². The van der Waals surface area contributed by atoms with E-state index in [1.807, 2.05) is 0 Å². The van der Waals surface area contributed by atoms with Gasteiger partial charge in [0.25, 0.3) is 0 Å². The van der Waals surface area contributed by atoms with Gasteiger partial charge in [-0.05, 0) is 18.2 Å². The Morgan fingerprint density at radius 2 is 1.76 bits per heavy atom. The zero-order valence-electron chi connectivity index (χ0n) is 10.6. The maximum absolute atomic E-state index is 12.3. The molecule has 1 amide bonds. The number of carboxylic acid groups (broad SMARTS) is 1. The second-order valence-corrected chi connectivity index (χ2v) is 5.75. The number of hydrogen-bond acceptors (Lipinski definition) is 4. The molecule has 21 heavy (non-hydrogen) atoms. The van der Waals surface area contributed by atoms with E-state index in [0.717, 1.165) is 0 Å². The summed E-state index contributed by atoms with van der Waals surface area (Å²) >= 11 is 11.7. The summed E-state index contributed by atoms with van der Waals surface area (Å²) in [5.41, 5.74) is 0.443. The van der Waals surface area contributed by atoms with Gasteiger partial charge < -0.3 is 20.0 Å². The van der Waals surface area contributed by atoms with Gasteiger partial charge in [-0.2, -0.15) is 0 Å². The van der Waals surface area contributed by atoms with Crippen LogP contribution in [0, 0.1) is 11.8 Å². The number of hydrogen-bond donors (Lipinski definition) is 1. The van der Waals surface area contributed by atoms with E-state index in [9.17, 15) is 14.7 Å². The number of carboxylic acids is 1. The highest BCUT2D eigenvalue weighted by Crippen LogP contribution is 2.39. The van der Waals surface area contributed by atoms with Crippen LogP contribution in [0.4, 0.5) is 5.69 Å². The van der Waals surface area contributed by atoms with Gasteiger partial charge in [-0.15, -0.1) is 0 Å². The summed E-state index contributed by atoms with van der Waals surface area (Å²) in [6.45, 7) is 0. The van der Waals surface area contributed by atoms with Crippen LogP contribution in [0.15, 0.2) is 30.4 Å². The summed E-state index contributed by atoms with van der Waals surface area (Å²) in [5.74, 6) is -3.54. The fourth-order valence-electron chi connectivity index (χ4n) is 2.70. The molecule has 7 heteroatoms. The molecule has 0 spiro atoms. The van der Waals surface area contributed by atoms with Gasteiger partial charge in [-0.1, -0.05) is 35.4 Å². The van der Waals surface area contributed by atoms with E-state index in [4.69, 9.17) is 27.9 Å². The Hall–Kier alpha value is -1.56. The first-order valence-corrected chi connectivity index (χ1v) is 7.03. The van der Waals surface area contributed by atoms with Crippen molar-refractivity contribution in [3.8, 4) is 0 Å². The highest BCUT2D eigenvalue weighted by atomic mass is 35.5. The van der Waals surface area contributed by atoms with Crippen molar-refractivity contribution in [1.82, 2.24) is 0 Å². The van der Waals surface area contributed by atoms with Gasteiger partial charge in [0, 0.05) is 17.6 Å². The Morgan fingerprint density at radius 3 is 2.38 bits per heavy atom. The van der Waals surface area contributed by atoms with E-state index in [2.05, 4.69) is 5.32 Å². The molecule has 1 saturated heterocycles. The fraction of sp³-hybridized carbons (Fsp3) is 0.286. The maximum Gasteiger partial charge on any atom is 0.231 e. The predicted molar refractivity (Wildman–Crippen MR) is 74.9 cm³/mol. The second-order valence-electron chi connectivity index (χ2n) is 4.94. The van der Waals surface area contributed by atoms with Gasteiger partial charge in [0.15, 0.2) is 0 Å². The highest BCUT2D eigenvalue weighted by molar-refractivity contribution is 6.42. The lowest BCUT2D eigenvalue weighted by molar-refractivity contribution is -0.313. The SMILES string of the molecule is O=C([O-])[C@@H]1[C@H](C(=O)Nc2ccc(Cl)c(Cl)c2)[C@@H]2C=C[C@H]1O2. The highest BCUT2D eigenvalue weighted by Gasteiger charge is 2.50.